The molecule has 0 spiro atoms. The predicted octanol–water partition coefficient (Wildman–Crippen LogP) is 2.30. The van der Waals surface area contributed by atoms with Crippen LogP contribution in [0.4, 0.5) is 13.2 Å². The van der Waals surface area contributed by atoms with Crippen molar-refractivity contribution in [1.82, 2.24) is 15.4 Å². The molecule has 3 N–H and O–H groups in total. The summed E-state index contributed by atoms with van der Waals surface area (Å²) in [6.07, 6.45) is -1.21. The lowest BCUT2D eigenvalue weighted by Gasteiger charge is -2.12. The second kappa shape index (κ2) is 5.64. The number of pyridine rings is 1. The summed E-state index contributed by atoms with van der Waals surface area (Å²) in [5.74, 6) is 5.39. The first-order valence-electron chi connectivity index (χ1n) is 5.39. The predicted molar refractivity (Wildman–Crippen MR) is 65.1 cm³/mol. The molecule has 0 saturated carbocycles. The summed E-state index contributed by atoms with van der Waals surface area (Å²) in [6, 6.07) is 4.92. The van der Waals surface area contributed by atoms with Crippen molar-refractivity contribution in [2.24, 2.45) is 5.84 Å². The summed E-state index contributed by atoms with van der Waals surface area (Å²) in [7, 11) is 0. The molecule has 2 aromatic heterocycles. The van der Waals surface area contributed by atoms with Crippen LogP contribution in [0.5, 0.6) is 0 Å². The molecule has 8 heteroatoms. The molecule has 0 fully saturated rings. The fraction of sp³-hybridized carbons (Fsp3) is 0.273. The Labute approximate surface area is 111 Å². The van der Waals surface area contributed by atoms with Crippen molar-refractivity contribution in [2.45, 2.75) is 18.6 Å². The number of nitrogens with two attached hydrogens (primary N) is 1. The van der Waals surface area contributed by atoms with Crippen LogP contribution in [-0.4, -0.2) is 9.97 Å². The third kappa shape index (κ3) is 3.49. The minimum Gasteiger partial charge on any atom is -0.271 e. The van der Waals surface area contributed by atoms with E-state index in [2.05, 4.69) is 15.4 Å². The van der Waals surface area contributed by atoms with E-state index < -0.39 is 17.2 Å². The number of hydrogen-bond donors (Lipinski definition) is 2. The van der Waals surface area contributed by atoms with E-state index in [0.717, 1.165) is 5.69 Å². The minimum absolute atomic E-state index is 0.400. The number of alkyl halides is 3. The highest BCUT2D eigenvalue weighted by Gasteiger charge is 2.35. The summed E-state index contributed by atoms with van der Waals surface area (Å²) in [6.45, 7) is 0. The lowest BCUT2D eigenvalue weighted by atomic mass is 10.1. The molecular weight excluding hydrogens is 277 g/mol. The van der Waals surface area contributed by atoms with Crippen LogP contribution in [0.3, 0.4) is 0 Å². The number of aromatic nitrogens is 2. The maximum Gasteiger partial charge on any atom is 0.443 e. The number of hydrazine groups is 1. The van der Waals surface area contributed by atoms with E-state index in [-0.39, 0.29) is 0 Å². The molecule has 0 amide bonds. The fourth-order valence-corrected chi connectivity index (χ4v) is 2.39. The number of nitrogens with one attached hydrogen (secondary N) is 1. The fourth-order valence-electron chi connectivity index (χ4n) is 1.55. The molecule has 0 saturated heterocycles. The van der Waals surface area contributed by atoms with E-state index in [0.29, 0.717) is 22.6 Å². The molecule has 0 aliphatic rings. The number of thiazole rings is 1. The Morgan fingerprint density at radius 2 is 2.11 bits per heavy atom. The standard InChI is InChI=1S/C11H11F3N4S/c12-11(13,14)10-17-6-9(19-10)8(18-15)5-7-3-1-2-4-16-7/h1-4,6,8,18H,5,15H2. The molecule has 0 aromatic carbocycles. The molecule has 102 valence electrons. The Hall–Kier alpha value is -1.51. The first kappa shape index (κ1) is 13.9. The average molecular weight is 288 g/mol. The Morgan fingerprint density at radius 1 is 1.32 bits per heavy atom. The Balaban J connectivity index is 2.16. The topological polar surface area (TPSA) is 63.8 Å². The van der Waals surface area contributed by atoms with Crippen molar-refractivity contribution in [3.63, 3.8) is 0 Å². The smallest absolute Gasteiger partial charge is 0.271 e. The van der Waals surface area contributed by atoms with Crippen LogP contribution < -0.4 is 11.3 Å². The van der Waals surface area contributed by atoms with Gasteiger partial charge in [0.1, 0.15) is 0 Å². The van der Waals surface area contributed by atoms with Crippen LogP contribution in [0.25, 0.3) is 0 Å². The van der Waals surface area contributed by atoms with Crippen molar-refractivity contribution in [1.29, 1.82) is 0 Å². The van der Waals surface area contributed by atoms with Gasteiger partial charge in [-0.05, 0) is 12.1 Å². The van der Waals surface area contributed by atoms with Crippen LogP contribution >= 0.6 is 11.3 Å². The lowest BCUT2D eigenvalue weighted by Crippen LogP contribution is -2.29. The van der Waals surface area contributed by atoms with Gasteiger partial charge in [-0.1, -0.05) is 6.07 Å². The Bertz CT molecular complexity index is 526. The first-order chi connectivity index (χ1) is 9.00. The van der Waals surface area contributed by atoms with E-state index in [4.69, 9.17) is 5.84 Å². The number of hydrogen-bond acceptors (Lipinski definition) is 5. The zero-order valence-corrected chi connectivity index (χ0v) is 10.5. The van der Waals surface area contributed by atoms with Gasteiger partial charge >= 0.3 is 6.18 Å². The summed E-state index contributed by atoms with van der Waals surface area (Å²) >= 11 is 0.585. The molecule has 1 atom stereocenters. The van der Waals surface area contributed by atoms with Crippen molar-refractivity contribution in [3.8, 4) is 0 Å². The second-order valence-corrected chi connectivity index (χ2v) is 4.87. The number of rotatable bonds is 4. The number of halogens is 3. The monoisotopic (exact) mass is 288 g/mol. The van der Waals surface area contributed by atoms with Gasteiger partial charge in [0, 0.05) is 29.4 Å². The van der Waals surface area contributed by atoms with E-state index in [9.17, 15) is 13.2 Å². The molecule has 4 nitrogen and oxygen atoms in total. The van der Waals surface area contributed by atoms with Gasteiger partial charge in [-0.3, -0.25) is 16.3 Å². The summed E-state index contributed by atoms with van der Waals surface area (Å²) in [5, 5.41) is -0.872. The molecule has 0 aliphatic heterocycles. The van der Waals surface area contributed by atoms with Crippen molar-refractivity contribution < 1.29 is 13.2 Å². The van der Waals surface area contributed by atoms with Gasteiger partial charge in [-0.15, -0.1) is 11.3 Å². The number of nitrogens with zero attached hydrogens (tertiary/aromatic N) is 2. The van der Waals surface area contributed by atoms with Crippen molar-refractivity contribution in [2.75, 3.05) is 0 Å². The highest BCUT2D eigenvalue weighted by Crippen LogP contribution is 2.34. The van der Waals surface area contributed by atoms with Crippen LogP contribution in [-0.2, 0) is 12.6 Å². The highest BCUT2D eigenvalue weighted by atomic mass is 32.1. The van der Waals surface area contributed by atoms with Gasteiger partial charge in [0.25, 0.3) is 0 Å². The largest absolute Gasteiger partial charge is 0.443 e. The van der Waals surface area contributed by atoms with Gasteiger partial charge in [0.15, 0.2) is 5.01 Å². The third-order valence-electron chi connectivity index (χ3n) is 2.45. The summed E-state index contributed by atoms with van der Waals surface area (Å²) in [4.78, 5) is 7.92. The van der Waals surface area contributed by atoms with Gasteiger partial charge in [0.2, 0.25) is 0 Å². The molecule has 2 aromatic rings. The maximum absolute atomic E-state index is 12.5. The van der Waals surface area contributed by atoms with E-state index in [1.807, 2.05) is 6.07 Å². The highest BCUT2D eigenvalue weighted by molar-refractivity contribution is 7.11. The molecule has 0 bridgehead atoms. The zero-order valence-electron chi connectivity index (χ0n) is 9.69. The van der Waals surface area contributed by atoms with Crippen LogP contribution in [0.2, 0.25) is 0 Å². The normalized spacial score (nSPS) is 13.5. The summed E-state index contributed by atoms with van der Waals surface area (Å²) < 4.78 is 37.4. The summed E-state index contributed by atoms with van der Waals surface area (Å²) in [5.41, 5.74) is 3.24. The van der Waals surface area contributed by atoms with E-state index >= 15 is 0 Å². The molecule has 0 radical (unpaired) electrons. The minimum atomic E-state index is -4.42. The molecule has 19 heavy (non-hydrogen) atoms. The van der Waals surface area contributed by atoms with Crippen molar-refractivity contribution >= 4 is 11.3 Å². The Morgan fingerprint density at radius 3 is 2.63 bits per heavy atom. The lowest BCUT2D eigenvalue weighted by molar-refractivity contribution is -0.137. The quantitative estimate of drug-likeness (QED) is 0.669. The van der Waals surface area contributed by atoms with Crippen molar-refractivity contribution in [3.05, 3.63) is 46.2 Å². The van der Waals surface area contributed by atoms with Crippen LogP contribution in [0.15, 0.2) is 30.6 Å². The van der Waals surface area contributed by atoms with Crippen LogP contribution in [0, 0.1) is 0 Å². The molecular formula is C11H11F3N4S. The molecule has 2 rings (SSSR count). The second-order valence-electron chi connectivity index (χ2n) is 3.81. The van der Waals surface area contributed by atoms with Gasteiger partial charge in [0.05, 0.1) is 6.04 Å². The van der Waals surface area contributed by atoms with E-state index in [1.54, 1.807) is 18.3 Å². The zero-order chi connectivity index (χ0) is 13.9. The van der Waals surface area contributed by atoms with Gasteiger partial charge in [-0.25, -0.2) is 4.98 Å². The van der Waals surface area contributed by atoms with E-state index in [1.165, 1.54) is 6.20 Å². The molecule has 0 aliphatic carbocycles. The molecule has 2 heterocycles. The maximum atomic E-state index is 12.5. The first-order valence-corrected chi connectivity index (χ1v) is 6.21. The van der Waals surface area contributed by atoms with Crippen LogP contribution in [0.1, 0.15) is 21.6 Å². The van der Waals surface area contributed by atoms with Gasteiger partial charge in [-0.2, -0.15) is 13.2 Å². The van der Waals surface area contributed by atoms with Gasteiger partial charge < -0.3 is 0 Å². The third-order valence-corrected chi connectivity index (χ3v) is 3.61. The Kier molecular flexibility index (Phi) is 4.13. The molecule has 1 unspecified atom stereocenters. The average Bonchev–Trinajstić information content (AvgIpc) is 2.86. The SMILES string of the molecule is NNC(Cc1ccccn1)c1cnc(C(F)(F)F)s1.